The lowest BCUT2D eigenvalue weighted by molar-refractivity contribution is -0.0407. The van der Waals surface area contributed by atoms with Crippen molar-refractivity contribution >= 4 is 10.8 Å². The molecule has 1 aromatic heterocycles. The number of ether oxygens (including phenoxy) is 2. The molecular weight excluding hydrogens is 711 g/mol. The van der Waals surface area contributed by atoms with Crippen LogP contribution in [0.3, 0.4) is 0 Å². The third-order valence-corrected chi connectivity index (χ3v) is 14.2. The molecule has 5 nitrogen and oxygen atoms in total. The van der Waals surface area contributed by atoms with Gasteiger partial charge in [-0.25, -0.2) is 15.0 Å². The molecule has 0 unspecified atom stereocenters. The molecule has 7 aromatic carbocycles. The minimum Gasteiger partial charge on any atom is -0.449 e. The number of benzene rings is 7. The van der Waals surface area contributed by atoms with Crippen molar-refractivity contribution in [1.29, 1.82) is 0 Å². The van der Waals surface area contributed by atoms with Gasteiger partial charge in [0.15, 0.2) is 40.5 Å². The van der Waals surface area contributed by atoms with Gasteiger partial charge in [0.05, 0.1) is 5.56 Å². The maximum atomic E-state index is 7.34. The summed E-state index contributed by atoms with van der Waals surface area (Å²) in [6, 6.07) is 53.3. The highest BCUT2D eigenvalue weighted by molar-refractivity contribution is 5.95. The maximum Gasteiger partial charge on any atom is 0.181 e. The monoisotopic (exact) mass is 749 g/mol. The Morgan fingerprint density at radius 2 is 1.02 bits per heavy atom. The van der Waals surface area contributed by atoms with Crippen molar-refractivity contribution in [2.45, 2.75) is 37.5 Å². The first-order valence-electron chi connectivity index (χ1n) is 20.9. The Bertz CT molecular complexity index is 2930. The molecule has 4 saturated carbocycles. The number of fused-ring (bicyclic) bond motifs is 8. The van der Waals surface area contributed by atoms with Crippen LogP contribution in [0, 0.1) is 23.7 Å². The molecule has 4 bridgehead atoms. The fraction of sp³-hybridized carbons (Fsp3) is 0.189. The number of aromatic nitrogens is 3. The number of rotatable bonds is 4. The van der Waals surface area contributed by atoms with Crippen LogP contribution in [0.2, 0.25) is 0 Å². The zero-order valence-corrected chi connectivity index (χ0v) is 31.9. The van der Waals surface area contributed by atoms with Gasteiger partial charge in [-0.1, -0.05) is 140 Å². The van der Waals surface area contributed by atoms with Gasteiger partial charge in [0.1, 0.15) is 0 Å². The summed E-state index contributed by atoms with van der Waals surface area (Å²) in [5, 5.41) is 2.12. The van der Waals surface area contributed by atoms with E-state index < -0.39 is 0 Å². The average molecular weight is 750 g/mol. The van der Waals surface area contributed by atoms with E-state index in [9.17, 15) is 0 Å². The first-order valence-corrected chi connectivity index (χ1v) is 20.9. The van der Waals surface area contributed by atoms with Crippen molar-refractivity contribution < 1.29 is 9.47 Å². The normalized spacial score (nSPS) is 22.8. The molecule has 0 saturated heterocycles. The van der Waals surface area contributed by atoms with Gasteiger partial charge in [-0.2, -0.15) is 0 Å². The molecule has 6 aliphatic rings. The van der Waals surface area contributed by atoms with E-state index >= 15 is 0 Å². The summed E-state index contributed by atoms with van der Waals surface area (Å²) in [5.74, 6) is 7.57. The highest BCUT2D eigenvalue weighted by atomic mass is 16.6. The fourth-order valence-electron chi connectivity index (χ4n) is 12.0. The van der Waals surface area contributed by atoms with E-state index in [-0.39, 0.29) is 5.41 Å². The van der Waals surface area contributed by atoms with Crippen LogP contribution in [0.15, 0.2) is 152 Å². The molecule has 278 valence electrons. The predicted octanol–water partition coefficient (Wildman–Crippen LogP) is 13.3. The van der Waals surface area contributed by atoms with Crippen LogP contribution in [0.4, 0.5) is 0 Å². The zero-order valence-electron chi connectivity index (χ0n) is 31.9. The van der Waals surface area contributed by atoms with Crippen molar-refractivity contribution in [3.8, 4) is 79.4 Å². The second-order valence-corrected chi connectivity index (χ2v) is 17.2. The Kier molecular flexibility index (Phi) is 6.84. The summed E-state index contributed by atoms with van der Waals surface area (Å²) >= 11 is 0. The van der Waals surface area contributed by atoms with Gasteiger partial charge in [0.2, 0.25) is 0 Å². The topological polar surface area (TPSA) is 57.1 Å². The average Bonchev–Trinajstić information content (AvgIpc) is 3.58. The summed E-state index contributed by atoms with van der Waals surface area (Å²) in [5.41, 5.74) is 10.1. The lowest BCUT2D eigenvalue weighted by Crippen LogP contribution is -2.55. The zero-order chi connectivity index (χ0) is 38.0. The standard InChI is InChI=1S/C53H39N3O2/c1-3-11-33(12-4-1)34-19-21-37(22-20-34)51-54-50(36-14-5-2-6-15-36)55-52(56-51)43-30-42-41-17-9-10-18-44(41)53(38-26-31-25-32(28-38)29-39(53)27-31)46(42)49-48(43)58-47-40-16-8-7-13-35(40)23-24-45(47)57-49/h1-24,30-32,38-39H,25-29H2. The predicted molar refractivity (Wildman–Crippen MR) is 229 cm³/mol. The largest absolute Gasteiger partial charge is 0.449 e. The van der Waals surface area contributed by atoms with E-state index in [2.05, 4.69) is 127 Å². The van der Waals surface area contributed by atoms with E-state index in [1.165, 1.54) is 59.9 Å². The van der Waals surface area contributed by atoms with Crippen molar-refractivity contribution in [3.63, 3.8) is 0 Å². The van der Waals surface area contributed by atoms with Gasteiger partial charge in [-0.3, -0.25) is 0 Å². The summed E-state index contributed by atoms with van der Waals surface area (Å²) < 4.78 is 14.7. The van der Waals surface area contributed by atoms with E-state index in [0.717, 1.165) is 62.1 Å². The van der Waals surface area contributed by atoms with Crippen LogP contribution in [-0.2, 0) is 5.41 Å². The second kappa shape index (κ2) is 12.2. The third-order valence-electron chi connectivity index (χ3n) is 14.2. The molecule has 0 radical (unpaired) electrons. The van der Waals surface area contributed by atoms with Crippen molar-refractivity contribution in [2.24, 2.45) is 23.7 Å². The minimum absolute atomic E-state index is 0.125. The molecule has 2 heterocycles. The van der Waals surface area contributed by atoms with Gasteiger partial charge in [-0.05, 0) is 101 Å². The Balaban J connectivity index is 1.07. The quantitative estimate of drug-likeness (QED) is 0.179. The van der Waals surface area contributed by atoms with Crippen LogP contribution in [0.25, 0.3) is 67.2 Å². The third kappa shape index (κ3) is 4.61. The van der Waals surface area contributed by atoms with Gasteiger partial charge in [0, 0.05) is 27.5 Å². The number of nitrogens with zero attached hydrogens (tertiary/aromatic N) is 3. The molecule has 0 atom stereocenters. The van der Waals surface area contributed by atoms with Crippen LogP contribution in [0.5, 0.6) is 23.0 Å². The van der Waals surface area contributed by atoms with Gasteiger partial charge in [0.25, 0.3) is 0 Å². The second-order valence-electron chi connectivity index (χ2n) is 17.2. The van der Waals surface area contributed by atoms with Crippen LogP contribution in [0.1, 0.15) is 43.2 Å². The molecule has 1 aliphatic heterocycles. The highest BCUT2D eigenvalue weighted by Crippen LogP contribution is 2.72. The van der Waals surface area contributed by atoms with Gasteiger partial charge >= 0.3 is 0 Å². The van der Waals surface area contributed by atoms with Crippen LogP contribution in [-0.4, -0.2) is 15.0 Å². The maximum absolute atomic E-state index is 7.34. The Morgan fingerprint density at radius 3 is 1.76 bits per heavy atom. The lowest BCUT2D eigenvalue weighted by Gasteiger charge is -2.61. The molecule has 58 heavy (non-hydrogen) atoms. The SMILES string of the molecule is c1ccc(-c2ccc(-c3nc(-c4ccccc4)nc(-c4cc5c(c6c4Oc4c(ccc7ccccc47)O6)C4(c6ccccc6-5)C5CC6CC(C5)CC4C6)n3)cc2)cc1. The summed E-state index contributed by atoms with van der Waals surface area (Å²) in [6.07, 6.45) is 6.51. The molecular formula is C53H39N3O2. The fourth-order valence-corrected chi connectivity index (χ4v) is 12.0. The summed E-state index contributed by atoms with van der Waals surface area (Å²) in [7, 11) is 0. The van der Waals surface area contributed by atoms with Crippen molar-refractivity contribution in [2.75, 3.05) is 0 Å². The molecule has 8 aromatic rings. The smallest absolute Gasteiger partial charge is 0.181 e. The highest BCUT2D eigenvalue weighted by Gasteiger charge is 2.63. The summed E-state index contributed by atoms with van der Waals surface area (Å²) in [4.78, 5) is 15.7. The molecule has 0 N–H and O–H groups in total. The molecule has 5 aliphatic carbocycles. The molecule has 0 amide bonds. The Morgan fingerprint density at radius 1 is 0.431 bits per heavy atom. The minimum atomic E-state index is -0.125. The van der Waals surface area contributed by atoms with E-state index in [4.69, 9.17) is 24.4 Å². The number of hydrogen-bond acceptors (Lipinski definition) is 5. The van der Waals surface area contributed by atoms with Gasteiger partial charge in [-0.15, -0.1) is 0 Å². The van der Waals surface area contributed by atoms with Gasteiger partial charge < -0.3 is 9.47 Å². The first kappa shape index (κ1) is 32.5. The Labute approximate surface area is 337 Å². The molecule has 5 heteroatoms. The van der Waals surface area contributed by atoms with E-state index in [1.807, 2.05) is 24.3 Å². The van der Waals surface area contributed by atoms with Crippen molar-refractivity contribution in [3.05, 3.63) is 163 Å². The lowest BCUT2D eigenvalue weighted by atomic mass is 9.43. The molecule has 14 rings (SSSR count). The van der Waals surface area contributed by atoms with E-state index in [1.54, 1.807) is 0 Å². The van der Waals surface area contributed by atoms with Crippen molar-refractivity contribution in [1.82, 2.24) is 15.0 Å². The van der Waals surface area contributed by atoms with Crippen LogP contribution < -0.4 is 9.47 Å². The molecule has 1 spiro atoms. The number of hydrogen-bond donors (Lipinski definition) is 0. The van der Waals surface area contributed by atoms with E-state index in [0.29, 0.717) is 35.1 Å². The van der Waals surface area contributed by atoms with Crippen LogP contribution >= 0.6 is 0 Å². The molecule has 4 fully saturated rings. The summed E-state index contributed by atoms with van der Waals surface area (Å²) in [6.45, 7) is 0. The Hall–Kier alpha value is -6.59. The first-order chi connectivity index (χ1) is 28.7.